The molecule has 2 N–H and O–H groups in total. The van der Waals surface area contributed by atoms with Gasteiger partial charge in [0.15, 0.2) is 0 Å². The summed E-state index contributed by atoms with van der Waals surface area (Å²) in [7, 11) is 1.95. The number of aryl methyl sites for hydroxylation is 2. The zero-order chi connectivity index (χ0) is 11.4. The molecule has 0 bridgehead atoms. The quantitative estimate of drug-likeness (QED) is 0.841. The maximum absolute atomic E-state index is 6.10. The summed E-state index contributed by atoms with van der Waals surface area (Å²) >= 11 is 0. The number of hydrogen-bond acceptors (Lipinski definition) is 3. The Balaban J connectivity index is 1.94. The van der Waals surface area contributed by atoms with Crippen LogP contribution >= 0.6 is 0 Å². The van der Waals surface area contributed by atoms with Crippen LogP contribution in [0, 0.1) is 0 Å². The van der Waals surface area contributed by atoms with E-state index in [-0.39, 0.29) is 6.04 Å². The van der Waals surface area contributed by atoms with Gasteiger partial charge in [0.05, 0.1) is 0 Å². The molecule has 0 aliphatic heterocycles. The van der Waals surface area contributed by atoms with E-state index in [4.69, 9.17) is 5.73 Å². The normalized spacial score (nSPS) is 12.6. The molecule has 0 saturated heterocycles. The smallest absolute Gasteiger partial charge is 0.0492 e. The van der Waals surface area contributed by atoms with Gasteiger partial charge in [-0.1, -0.05) is 0 Å². The summed E-state index contributed by atoms with van der Waals surface area (Å²) in [5, 5.41) is 4.13. The van der Waals surface area contributed by atoms with Crippen LogP contribution in [0.1, 0.15) is 23.7 Å². The number of hydrogen-bond donors (Lipinski definition) is 1. The highest BCUT2D eigenvalue weighted by Crippen LogP contribution is 2.15. The number of nitrogens with zero attached hydrogens (tertiary/aromatic N) is 3. The van der Waals surface area contributed by atoms with Gasteiger partial charge in [-0.2, -0.15) is 5.10 Å². The third-order valence-corrected chi connectivity index (χ3v) is 2.77. The van der Waals surface area contributed by atoms with Crippen molar-refractivity contribution in [2.75, 3.05) is 0 Å². The van der Waals surface area contributed by atoms with Crippen LogP contribution in [0.15, 0.2) is 36.8 Å². The van der Waals surface area contributed by atoms with Gasteiger partial charge in [-0.05, 0) is 36.6 Å². The van der Waals surface area contributed by atoms with Crippen LogP contribution in [-0.2, 0) is 13.5 Å². The second kappa shape index (κ2) is 4.90. The lowest BCUT2D eigenvalue weighted by atomic mass is 10.0. The SMILES string of the molecule is Cn1nccc1CCC(N)c1ccncc1. The molecule has 0 spiro atoms. The standard InChI is InChI=1S/C12H16N4/c1-16-11(6-9-15-16)2-3-12(13)10-4-7-14-8-5-10/h4-9,12H,2-3,13H2,1H3. The minimum atomic E-state index is 0.0675. The summed E-state index contributed by atoms with van der Waals surface area (Å²) in [5.41, 5.74) is 8.45. The van der Waals surface area contributed by atoms with Crippen molar-refractivity contribution >= 4 is 0 Å². The fourth-order valence-corrected chi connectivity index (χ4v) is 1.73. The molecule has 0 aliphatic rings. The summed E-state index contributed by atoms with van der Waals surface area (Å²) in [6.07, 6.45) is 7.23. The Hall–Kier alpha value is -1.68. The lowest BCUT2D eigenvalue weighted by Gasteiger charge is -2.11. The van der Waals surface area contributed by atoms with Gasteiger partial charge < -0.3 is 5.73 Å². The van der Waals surface area contributed by atoms with Crippen LogP contribution in [0.25, 0.3) is 0 Å². The van der Waals surface area contributed by atoms with Crippen molar-refractivity contribution in [3.05, 3.63) is 48.0 Å². The van der Waals surface area contributed by atoms with Gasteiger partial charge in [0.25, 0.3) is 0 Å². The highest BCUT2D eigenvalue weighted by molar-refractivity contribution is 5.14. The Bertz CT molecular complexity index is 435. The second-order valence-electron chi connectivity index (χ2n) is 3.87. The van der Waals surface area contributed by atoms with Crippen LogP contribution in [0.5, 0.6) is 0 Å². The Morgan fingerprint density at radius 1 is 1.25 bits per heavy atom. The van der Waals surface area contributed by atoms with E-state index in [0.29, 0.717) is 0 Å². The van der Waals surface area contributed by atoms with E-state index >= 15 is 0 Å². The van der Waals surface area contributed by atoms with Crippen molar-refractivity contribution in [2.45, 2.75) is 18.9 Å². The minimum absolute atomic E-state index is 0.0675. The van der Waals surface area contributed by atoms with Gasteiger partial charge in [0.2, 0.25) is 0 Å². The molecular formula is C12H16N4. The van der Waals surface area contributed by atoms with Crippen molar-refractivity contribution in [3.8, 4) is 0 Å². The first kappa shape index (κ1) is 10.8. The van der Waals surface area contributed by atoms with Gasteiger partial charge in [0.1, 0.15) is 0 Å². The molecule has 2 aromatic heterocycles. The molecule has 2 rings (SSSR count). The van der Waals surface area contributed by atoms with Crippen molar-refractivity contribution < 1.29 is 0 Å². The Morgan fingerprint density at radius 2 is 2.00 bits per heavy atom. The third-order valence-electron chi connectivity index (χ3n) is 2.77. The molecule has 0 aliphatic carbocycles. The lowest BCUT2D eigenvalue weighted by molar-refractivity contribution is 0.613. The van der Waals surface area contributed by atoms with Crippen LogP contribution in [-0.4, -0.2) is 14.8 Å². The van der Waals surface area contributed by atoms with Gasteiger partial charge in [-0.15, -0.1) is 0 Å². The second-order valence-corrected chi connectivity index (χ2v) is 3.87. The molecule has 0 amide bonds. The Morgan fingerprint density at radius 3 is 2.62 bits per heavy atom. The zero-order valence-corrected chi connectivity index (χ0v) is 9.37. The summed E-state index contributed by atoms with van der Waals surface area (Å²) in [5.74, 6) is 0. The molecule has 4 nitrogen and oxygen atoms in total. The molecule has 0 fully saturated rings. The predicted molar refractivity (Wildman–Crippen MR) is 62.7 cm³/mol. The lowest BCUT2D eigenvalue weighted by Crippen LogP contribution is -2.12. The number of pyridine rings is 1. The van der Waals surface area contributed by atoms with Crippen molar-refractivity contribution in [3.63, 3.8) is 0 Å². The average molecular weight is 216 g/mol. The zero-order valence-electron chi connectivity index (χ0n) is 9.37. The summed E-state index contributed by atoms with van der Waals surface area (Å²) < 4.78 is 1.89. The summed E-state index contributed by atoms with van der Waals surface area (Å²) in [6.45, 7) is 0. The monoisotopic (exact) mass is 216 g/mol. The molecule has 1 atom stereocenters. The van der Waals surface area contributed by atoms with Crippen LogP contribution < -0.4 is 5.73 Å². The molecule has 0 radical (unpaired) electrons. The first-order valence-corrected chi connectivity index (χ1v) is 5.40. The topological polar surface area (TPSA) is 56.7 Å². The van der Waals surface area contributed by atoms with Crippen molar-refractivity contribution in [2.24, 2.45) is 12.8 Å². The van der Waals surface area contributed by atoms with E-state index in [0.717, 1.165) is 18.4 Å². The van der Waals surface area contributed by atoms with E-state index in [1.54, 1.807) is 12.4 Å². The van der Waals surface area contributed by atoms with Gasteiger partial charge in [0, 0.05) is 37.4 Å². The van der Waals surface area contributed by atoms with Crippen molar-refractivity contribution in [1.29, 1.82) is 0 Å². The Kier molecular flexibility index (Phi) is 3.31. The molecule has 16 heavy (non-hydrogen) atoms. The third kappa shape index (κ3) is 2.46. The van der Waals surface area contributed by atoms with Gasteiger partial charge in [-0.3, -0.25) is 9.67 Å². The highest BCUT2D eigenvalue weighted by atomic mass is 15.2. The molecule has 2 aromatic rings. The highest BCUT2D eigenvalue weighted by Gasteiger charge is 2.07. The van der Waals surface area contributed by atoms with Crippen LogP contribution in [0.2, 0.25) is 0 Å². The predicted octanol–water partition coefficient (Wildman–Crippen LogP) is 1.45. The maximum atomic E-state index is 6.10. The van der Waals surface area contributed by atoms with Crippen molar-refractivity contribution in [1.82, 2.24) is 14.8 Å². The molecule has 1 unspecified atom stereocenters. The summed E-state index contributed by atoms with van der Waals surface area (Å²) in [4.78, 5) is 3.98. The van der Waals surface area contributed by atoms with E-state index < -0.39 is 0 Å². The Labute approximate surface area is 95.1 Å². The average Bonchev–Trinajstić information content (AvgIpc) is 2.73. The molecular weight excluding hydrogens is 200 g/mol. The van der Waals surface area contributed by atoms with Gasteiger partial charge >= 0.3 is 0 Å². The first-order valence-electron chi connectivity index (χ1n) is 5.40. The fourth-order valence-electron chi connectivity index (χ4n) is 1.73. The first-order chi connectivity index (χ1) is 7.77. The number of rotatable bonds is 4. The molecule has 84 valence electrons. The molecule has 4 heteroatoms. The van der Waals surface area contributed by atoms with E-state index in [1.165, 1.54) is 5.69 Å². The molecule has 0 aromatic carbocycles. The molecule has 2 heterocycles. The fraction of sp³-hybridized carbons (Fsp3) is 0.333. The van der Waals surface area contributed by atoms with E-state index in [9.17, 15) is 0 Å². The molecule has 0 saturated carbocycles. The number of aromatic nitrogens is 3. The van der Waals surface area contributed by atoms with Crippen LogP contribution in [0.4, 0.5) is 0 Å². The maximum Gasteiger partial charge on any atom is 0.0492 e. The van der Waals surface area contributed by atoms with Gasteiger partial charge in [-0.25, -0.2) is 0 Å². The van der Waals surface area contributed by atoms with E-state index in [2.05, 4.69) is 10.1 Å². The number of nitrogens with two attached hydrogens (primary N) is 1. The van der Waals surface area contributed by atoms with Crippen LogP contribution in [0.3, 0.4) is 0 Å². The largest absolute Gasteiger partial charge is 0.324 e. The summed E-state index contributed by atoms with van der Waals surface area (Å²) in [6, 6.07) is 6.03. The minimum Gasteiger partial charge on any atom is -0.324 e. The van der Waals surface area contributed by atoms with E-state index in [1.807, 2.05) is 36.1 Å².